The van der Waals surface area contributed by atoms with Crippen LogP contribution >= 0.6 is 0 Å². The maximum absolute atomic E-state index is 9.55. The fourth-order valence-corrected chi connectivity index (χ4v) is 2.17. The number of nitrogens with one attached hydrogen (secondary N) is 1. The summed E-state index contributed by atoms with van der Waals surface area (Å²) in [4.78, 5) is 19.1. The predicted molar refractivity (Wildman–Crippen MR) is 80.3 cm³/mol. The smallest absolute Gasteiger partial charge is 0.328 e. The molecule has 3 N–H and O–H groups in total. The van der Waals surface area contributed by atoms with Crippen LogP contribution in [0.2, 0.25) is 0 Å². The molecule has 1 saturated heterocycles. The lowest BCUT2D eigenvalue weighted by Crippen LogP contribution is -2.19. The van der Waals surface area contributed by atoms with E-state index in [9.17, 15) is 9.59 Å². The van der Waals surface area contributed by atoms with Gasteiger partial charge in [0.2, 0.25) is 0 Å². The molecule has 5 nitrogen and oxygen atoms in total. The van der Waals surface area contributed by atoms with E-state index in [1.165, 1.54) is 31.4 Å². The lowest BCUT2D eigenvalue weighted by Gasteiger charge is -2.13. The van der Waals surface area contributed by atoms with Gasteiger partial charge in [-0.25, -0.2) is 9.59 Å². The number of rotatable bonds is 3. The van der Waals surface area contributed by atoms with Gasteiger partial charge < -0.3 is 15.5 Å². The van der Waals surface area contributed by atoms with Gasteiger partial charge in [-0.3, -0.25) is 0 Å². The van der Waals surface area contributed by atoms with Crippen LogP contribution in [0.4, 0.5) is 0 Å². The molecule has 5 heteroatoms. The largest absolute Gasteiger partial charge is 0.478 e. The van der Waals surface area contributed by atoms with Gasteiger partial charge in [0.25, 0.3) is 0 Å². The first-order valence-corrected chi connectivity index (χ1v) is 6.99. The average molecular weight is 291 g/mol. The molecule has 1 fully saturated rings. The number of carboxylic acid groups (broad SMARTS) is 2. The molecular formula is C16H21NO4. The quantitative estimate of drug-likeness (QED) is 0.744. The summed E-state index contributed by atoms with van der Waals surface area (Å²) in [6, 6.07) is 10.9. The third-order valence-electron chi connectivity index (χ3n) is 3.19. The molecule has 1 aliphatic heterocycles. The van der Waals surface area contributed by atoms with Crippen LogP contribution in [-0.4, -0.2) is 35.2 Å². The lowest BCUT2D eigenvalue weighted by atomic mass is 9.95. The van der Waals surface area contributed by atoms with Crippen LogP contribution in [0.15, 0.2) is 42.5 Å². The van der Waals surface area contributed by atoms with Crippen molar-refractivity contribution < 1.29 is 19.8 Å². The highest BCUT2D eigenvalue weighted by atomic mass is 16.4. The molecule has 2 rings (SSSR count). The van der Waals surface area contributed by atoms with Gasteiger partial charge in [-0.2, -0.15) is 0 Å². The minimum atomic E-state index is -1.26. The molecule has 1 heterocycles. The number of carboxylic acids is 2. The molecule has 1 unspecified atom stereocenters. The van der Waals surface area contributed by atoms with Gasteiger partial charge in [0.1, 0.15) is 0 Å². The second-order valence-corrected chi connectivity index (χ2v) is 4.82. The summed E-state index contributed by atoms with van der Waals surface area (Å²) in [6.07, 6.45) is 5.16. The van der Waals surface area contributed by atoms with Crippen molar-refractivity contribution in [1.82, 2.24) is 5.32 Å². The standard InChI is InChI=1S/C12H17N.C4H4O4/c1-2-6-11(7-3-1)12-8-4-5-9-13-10-12;5-3(6)1-2-4(7)8/h1-3,6-7,12-13H,4-5,8-10H2;1-2H,(H,5,6)(H,7,8)/b;2-1+. The van der Waals surface area contributed by atoms with E-state index >= 15 is 0 Å². The Balaban J connectivity index is 0.000000240. The topological polar surface area (TPSA) is 86.6 Å². The Labute approximate surface area is 124 Å². The molecule has 0 saturated carbocycles. The highest BCUT2D eigenvalue weighted by Gasteiger charge is 2.12. The van der Waals surface area contributed by atoms with Gasteiger partial charge in [-0.1, -0.05) is 36.8 Å². The van der Waals surface area contributed by atoms with Gasteiger partial charge >= 0.3 is 11.9 Å². The number of benzene rings is 1. The van der Waals surface area contributed by atoms with E-state index in [1.54, 1.807) is 0 Å². The first kappa shape index (κ1) is 16.9. The molecule has 0 radical (unpaired) electrons. The second-order valence-electron chi connectivity index (χ2n) is 4.82. The Kier molecular flexibility index (Phi) is 7.82. The zero-order valence-corrected chi connectivity index (χ0v) is 11.9. The van der Waals surface area contributed by atoms with Gasteiger partial charge in [0, 0.05) is 18.7 Å². The first-order chi connectivity index (χ1) is 10.1. The van der Waals surface area contributed by atoms with Crippen LogP contribution in [0.3, 0.4) is 0 Å². The number of carbonyl (C=O) groups is 2. The van der Waals surface area contributed by atoms with E-state index in [2.05, 4.69) is 35.6 Å². The Morgan fingerprint density at radius 3 is 2.24 bits per heavy atom. The van der Waals surface area contributed by atoms with Gasteiger partial charge in [-0.05, 0) is 30.9 Å². The third kappa shape index (κ3) is 7.89. The molecule has 0 aliphatic carbocycles. The Hall–Kier alpha value is -2.14. The summed E-state index contributed by atoms with van der Waals surface area (Å²) < 4.78 is 0. The molecule has 0 amide bonds. The fourth-order valence-electron chi connectivity index (χ4n) is 2.17. The predicted octanol–water partition coefficient (Wildman–Crippen LogP) is 2.26. The van der Waals surface area contributed by atoms with E-state index in [-0.39, 0.29) is 0 Å². The Morgan fingerprint density at radius 2 is 1.67 bits per heavy atom. The summed E-state index contributed by atoms with van der Waals surface area (Å²) in [7, 11) is 0. The van der Waals surface area contributed by atoms with Crippen LogP contribution in [0.25, 0.3) is 0 Å². The maximum atomic E-state index is 9.55. The van der Waals surface area contributed by atoms with Crippen LogP contribution in [0.1, 0.15) is 30.7 Å². The van der Waals surface area contributed by atoms with Crippen molar-refractivity contribution in [3.05, 3.63) is 48.0 Å². The summed E-state index contributed by atoms with van der Waals surface area (Å²) in [5.74, 6) is -1.77. The monoisotopic (exact) mass is 291 g/mol. The van der Waals surface area contributed by atoms with Gasteiger partial charge in [0.05, 0.1) is 0 Å². The second kappa shape index (κ2) is 9.72. The van der Waals surface area contributed by atoms with E-state index in [1.807, 2.05) is 0 Å². The maximum Gasteiger partial charge on any atom is 0.328 e. The van der Waals surface area contributed by atoms with Crippen LogP contribution < -0.4 is 5.32 Å². The van der Waals surface area contributed by atoms with Crippen molar-refractivity contribution in [1.29, 1.82) is 0 Å². The summed E-state index contributed by atoms with van der Waals surface area (Å²) in [5.41, 5.74) is 1.50. The molecule has 0 spiro atoms. The molecule has 1 atom stereocenters. The zero-order valence-electron chi connectivity index (χ0n) is 11.9. The lowest BCUT2D eigenvalue weighted by molar-refractivity contribution is -0.134. The van der Waals surface area contributed by atoms with Crippen molar-refractivity contribution in [2.45, 2.75) is 25.2 Å². The Morgan fingerprint density at radius 1 is 1.05 bits per heavy atom. The molecule has 0 bridgehead atoms. The third-order valence-corrected chi connectivity index (χ3v) is 3.19. The minimum absolute atomic E-state index is 0.558. The van der Waals surface area contributed by atoms with Crippen molar-refractivity contribution in [2.75, 3.05) is 13.1 Å². The van der Waals surface area contributed by atoms with E-state index in [0.717, 1.165) is 12.5 Å². The summed E-state index contributed by atoms with van der Waals surface area (Å²) in [5, 5.41) is 19.1. The van der Waals surface area contributed by atoms with E-state index in [0.29, 0.717) is 12.2 Å². The SMILES string of the molecule is O=C(O)/C=C/C(=O)O.c1ccc(C2CCCCNC2)cc1. The normalized spacial score (nSPS) is 18.4. The molecular weight excluding hydrogens is 270 g/mol. The zero-order chi connectivity index (χ0) is 15.5. The van der Waals surface area contributed by atoms with Crippen molar-refractivity contribution >= 4 is 11.9 Å². The number of aliphatic carboxylic acids is 2. The summed E-state index contributed by atoms with van der Waals surface area (Å²) in [6.45, 7) is 2.35. The molecule has 114 valence electrons. The highest BCUT2D eigenvalue weighted by Crippen LogP contribution is 2.22. The van der Waals surface area contributed by atoms with E-state index in [4.69, 9.17) is 10.2 Å². The molecule has 0 aromatic heterocycles. The number of hydrogen-bond acceptors (Lipinski definition) is 3. The molecule has 1 aromatic rings. The van der Waals surface area contributed by atoms with Crippen molar-refractivity contribution in [3.63, 3.8) is 0 Å². The Bertz CT molecular complexity index is 446. The molecule has 1 aliphatic rings. The summed E-state index contributed by atoms with van der Waals surface area (Å²) >= 11 is 0. The molecule has 1 aromatic carbocycles. The first-order valence-electron chi connectivity index (χ1n) is 6.99. The van der Waals surface area contributed by atoms with Crippen molar-refractivity contribution in [3.8, 4) is 0 Å². The fraction of sp³-hybridized carbons (Fsp3) is 0.375. The van der Waals surface area contributed by atoms with E-state index < -0.39 is 11.9 Å². The van der Waals surface area contributed by atoms with Gasteiger partial charge in [-0.15, -0.1) is 0 Å². The van der Waals surface area contributed by atoms with Crippen molar-refractivity contribution in [2.24, 2.45) is 0 Å². The number of hydrogen-bond donors (Lipinski definition) is 3. The van der Waals surface area contributed by atoms with Crippen LogP contribution in [-0.2, 0) is 9.59 Å². The van der Waals surface area contributed by atoms with Crippen LogP contribution in [0.5, 0.6) is 0 Å². The molecule has 21 heavy (non-hydrogen) atoms. The average Bonchev–Trinajstić information content (AvgIpc) is 2.76. The minimum Gasteiger partial charge on any atom is -0.478 e. The highest BCUT2D eigenvalue weighted by molar-refractivity contribution is 5.89. The van der Waals surface area contributed by atoms with Crippen LogP contribution in [0, 0.1) is 0 Å². The van der Waals surface area contributed by atoms with Gasteiger partial charge in [0.15, 0.2) is 0 Å².